The number of ether oxygens (including phenoxy) is 1. The van der Waals surface area contributed by atoms with E-state index in [9.17, 15) is 4.39 Å². The molecule has 0 aliphatic heterocycles. The van der Waals surface area contributed by atoms with Gasteiger partial charge in [0.1, 0.15) is 5.82 Å². The van der Waals surface area contributed by atoms with Crippen molar-refractivity contribution in [3.63, 3.8) is 0 Å². The van der Waals surface area contributed by atoms with Crippen LogP contribution in [0, 0.1) is 5.82 Å². The lowest BCUT2D eigenvalue weighted by molar-refractivity contribution is 0.0734. The van der Waals surface area contributed by atoms with E-state index in [2.05, 4.69) is 0 Å². The molecule has 1 saturated carbocycles. The zero-order valence-electron chi connectivity index (χ0n) is 9.72. The largest absolute Gasteiger partial charge is 0.375 e. The summed E-state index contributed by atoms with van der Waals surface area (Å²) >= 11 is 5.68. The first-order valence-electron chi connectivity index (χ1n) is 5.90. The first-order chi connectivity index (χ1) is 8.09. The van der Waals surface area contributed by atoms with Gasteiger partial charge in [-0.2, -0.15) is 0 Å². The topological polar surface area (TPSA) is 35.2 Å². The highest BCUT2D eigenvalue weighted by Crippen LogP contribution is 2.27. The Bertz CT molecular complexity index is 391. The second-order valence-corrected chi connectivity index (χ2v) is 5.23. The van der Waals surface area contributed by atoms with Crippen LogP contribution in [0.4, 0.5) is 4.39 Å². The summed E-state index contributed by atoms with van der Waals surface area (Å²) in [4.78, 5) is 0. The second kappa shape index (κ2) is 5.34. The molecule has 2 nitrogen and oxygen atoms in total. The smallest absolute Gasteiger partial charge is 0.130 e. The number of rotatable bonds is 4. The highest BCUT2D eigenvalue weighted by Gasteiger charge is 2.29. The van der Waals surface area contributed by atoms with Crippen LogP contribution in [0.5, 0.6) is 0 Å². The van der Waals surface area contributed by atoms with Crippen molar-refractivity contribution in [2.24, 2.45) is 5.73 Å². The fraction of sp³-hybridized carbons (Fsp3) is 0.538. The van der Waals surface area contributed by atoms with Crippen LogP contribution in [0.1, 0.15) is 31.2 Å². The molecule has 1 fully saturated rings. The van der Waals surface area contributed by atoms with Gasteiger partial charge in [0, 0.05) is 16.1 Å². The van der Waals surface area contributed by atoms with E-state index >= 15 is 0 Å². The maximum atomic E-state index is 13.5. The molecule has 0 heterocycles. The van der Waals surface area contributed by atoms with Gasteiger partial charge in [-0.05, 0) is 25.0 Å². The van der Waals surface area contributed by atoms with E-state index in [4.69, 9.17) is 22.1 Å². The molecule has 94 valence electrons. The first-order valence-corrected chi connectivity index (χ1v) is 6.27. The number of hydrogen-bond donors (Lipinski definition) is 1. The monoisotopic (exact) mass is 257 g/mol. The third kappa shape index (κ3) is 3.41. The standard InChI is InChI=1S/C13H17ClFNO/c14-11-4-3-10(12(15)7-11)8-17-9-13(16)5-1-2-6-13/h3-4,7H,1-2,5-6,8-9,16H2. The quantitative estimate of drug-likeness (QED) is 0.899. The number of halogens is 2. The minimum Gasteiger partial charge on any atom is -0.375 e. The van der Waals surface area contributed by atoms with Gasteiger partial charge < -0.3 is 10.5 Å². The third-order valence-electron chi connectivity index (χ3n) is 3.26. The van der Waals surface area contributed by atoms with E-state index in [1.165, 1.54) is 6.07 Å². The predicted octanol–water partition coefficient (Wildman–Crippen LogP) is 3.27. The van der Waals surface area contributed by atoms with Crippen LogP contribution in [-0.2, 0) is 11.3 Å². The average Bonchev–Trinajstić information content (AvgIpc) is 2.69. The van der Waals surface area contributed by atoms with Crippen molar-refractivity contribution in [3.05, 3.63) is 34.6 Å². The Labute approximate surface area is 106 Å². The van der Waals surface area contributed by atoms with Crippen molar-refractivity contribution >= 4 is 11.6 Å². The molecule has 1 aliphatic carbocycles. The van der Waals surface area contributed by atoms with E-state index in [1.54, 1.807) is 12.1 Å². The lowest BCUT2D eigenvalue weighted by Crippen LogP contribution is -2.41. The molecule has 0 bridgehead atoms. The van der Waals surface area contributed by atoms with Gasteiger partial charge in [0.05, 0.1) is 13.2 Å². The van der Waals surface area contributed by atoms with E-state index in [0.29, 0.717) is 17.2 Å². The molecule has 0 radical (unpaired) electrons. The van der Waals surface area contributed by atoms with Gasteiger partial charge in [-0.1, -0.05) is 30.5 Å². The molecule has 0 spiro atoms. The maximum absolute atomic E-state index is 13.5. The van der Waals surface area contributed by atoms with Crippen molar-refractivity contribution in [2.45, 2.75) is 37.8 Å². The highest BCUT2D eigenvalue weighted by atomic mass is 35.5. The van der Waals surface area contributed by atoms with Crippen LogP contribution < -0.4 is 5.73 Å². The predicted molar refractivity (Wildman–Crippen MR) is 66.5 cm³/mol. The Morgan fingerprint density at radius 1 is 1.35 bits per heavy atom. The molecule has 0 saturated heterocycles. The summed E-state index contributed by atoms with van der Waals surface area (Å²) in [5.41, 5.74) is 6.46. The molecule has 0 unspecified atom stereocenters. The lowest BCUT2D eigenvalue weighted by Gasteiger charge is -2.23. The molecule has 2 N–H and O–H groups in total. The zero-order chi connectivity index (χ0) is 12.3. The van der Waals surface area contributed by atoms with Crippen LogP contribution >= 0.6 is 11.6 Å². The molecular formula is C13H17ClFNO. The Morgan fingerprint density at radius 2 is 2.06 bits per heavy atom. The lowest BCUT2D eigenvalue weighted by atomic mass is 10.0. The first kappa shape index (κ1) is 12.8. The third-order valence-corrected chi connectivity index (χ3v) is 3.50. The summed E-state index contributed by atoms with van der Waals surface area (Å²) in [7, 11) is 0. The van der Waals surface area contributed by atoms with Gasteiger partial charge in [-0.15, -0.1) is 0 Å². The molecule has 17 heavy (non-hydrogen) atoms. The molecule has 0 amide bonds. The minimum absolute atomic E-state index is 0.205. The van der Waals surface area contributed by atoms with E-state index < -0.39 is 0 Å². The van der Waals surface area contributed by atoms with Crippen LogP contribution in [0.25, 0.3) is 0 Å². The normalized spacial score (nSPS) is 18.5. The number of nitrogens with two attached hydrogens (primary N) is 1. The van der Waals surface area contributed by atoms with Gasteiger partial charge in [0.25, 0.3) is 0 Å². The van der Waals surface area contributed by atoms with Crippen molar-refractivity contribution in [1.82, 2.24) is 0 Å². The Kier molecular flexibility index (Phi) is 4.02. The minimum atomic E-state index is -0.324. The molecule has 0 aromatic heterocycles. The molecule has 1 aliphatic rings. The molecule has 1 aromatic rings. The molecular weight excluding hydrogens is 241 g/mol. The van der Waals surface area contributed by atoms with E-state index in [1.807, 2.05) is 0 Å². The summed E-state index contributed by atoms with van der Waals surface area (Å²) in [5.74, 6) is -0.324. The summed E-state index contributed by atoms with van der Waals surface area (Å²) < 4.78 is 19.0. The molecule has 2 rings (SSSR count). The summed E-state index contributed by atoms with van der Waals surface area (Å²) in [6.07, 6.45) is 4.32. The summed E-state index contributed by atoms with van der Waals surface area (Å²) in [6, 6.07) is 4.61. The van der Waals surface area contributed by atoms with Crippen LogP contribution in [-0.4, -0.2) is 12.1 Å². The summed E-state index contributed by atoms with van der Waals surface area (Å²) in [5, 5.41) is 0.400. The Balaban J connectivity index is 1.85. The Hall–Kier alpha value is -0.640. The zero-order valence-corrected chi connectivity index (χ0v) is 10.5. The van der Waals surface area contributed by atoms with Gasteiger partial charge >= 0.3 is 0 Å². The van der Waals surface area contributed by atoms with E-state index in [-0.39, 0.29) is 18.0 Å². The number of benzene rings is 1. The van der Waals surface area contributed by atoms with Crippen molar-refractivity contribution in [2.75, 3.05) is 6.61 Å². The van der Waals surface area contributed by atoms with E-state index in [0.717, 1.165) is 25.7 Å². The fourth-order valence-corrected chi connectivity index (χ4v) is 2.39. The van der Waals surface area contributed by atoms with Crippen LogP contribution in [0.2, 0.25) is 5.02 Å². The number of hydrogen-bond acceptors (Lipinski definition) is 2. The SMILES string of the molecule is NC1(COCc2ccc(Cl)cc2F)CCCC1. The fourth-order valence-electron chi connectivity index (χ4n) is 2.23. The van der Waals surface area contributed by atoms with Gasteiger partial charge in [-0.3, -0.25) is 0 Å². The summed E-state index contributed by atoms with van der Waals surface area (Å²) in [6.45, 7) is 0.747. The average molecular weight is 258 g/mol. The van der Waals surface area contributed by atoms with Gasteiger partial charge in [-0.25, -0.2) is 4.39 Å². The van der Waals surface area contributed by atoms with Crippen molar-refractivity contribution in [3.8, 4) is 0 Å². The second-order valence-electron chi connectivity index (χ2n) is 4.80. The van der Waals surface area contributed by atoms with Crippen LogP contribution in [0.15, 0.2) is 18.2 Å². The molecule has 1 aromatic carbocycles. The maximum Gasteiger partial charge on any atom is 0.130 e. The van der Waals surface area contributed by atoms with Crippen LogP contribution in [0.3, 0.4) is 0 Å². The molecule has 0 atom stereocenters. The van der Waals surface area contributed by atoms with Gasteiger partial charge in [0.15, 0.2) is 0 Å². The highest BCUT2D eigenvalue weighted by molar-refractivity contribution is 6.30. The molecule has 4 heteroatoms. The van der Waals surface area contributed by atoms with Crippen molar-refractivity contribution < 1.29 is 9.13 Å². The van der Waals surface area contributed by atoms with Gasteiger partial charge in [0.2, 0.25) is 0 Å². The van der Waals surface area contributed by atoms with Crippen molar-refractivity contribution in [1.29, 1.82) is 0 Å². The Morgan fingerprint density at radius 3 is 2.71 bits per heavy atom.